The maximum absolute atomic E-state index is 13.9. The molecule has 0 saturated carbocycles. The van der Waals surface area contributed by atoms with E-state index in [2.05, 4.69) is 12.1 Å². The Morgan fingerprint density at radius 3 is 2.08 bits per heavy atom. The van der Waals surface area contributed by atoms with Crippen LogP contribution in [-0.2, 0) is 17.7 Å². The van der Waals surface area contributed by atoms with E-state index in [9.17, 15) is 14.0 Å². The van der Waals surface area contributed by atoms with Gasteiger partial charge in [-0.2, -0.15) is 0 Å². The van der Waals surface area contributed by atoms with Gasteiger partial charge in [0.2, 0.25) is 0 Å². The molecular weight excluding hydrogens is 481 g/mol. The number of benzene rings is 4. The fraction of sp³-hybridized carbons (Fsp3) is 0.188. The molecule has 38 heavy (non-hydrogen) atoms. The summed E-state index contributed by atoms with van der Waals surface area (Å²) in [4.78, 5) is 27.1. The lowest BCUT2D eigenvalue weighted by molar-refractivity contribution is 0.0600. The molecule has 0 radical (unpaired) electrons. The van der Waals surface area contributed by atoms with Gasteiger partial charge >= 0.3 is 5.97 Å². The summed E-state index contributed by atoms with van der Waals surface area (Å²) in [6.07, 6.45) is 2.73. The smallest absolute Gasteiger partial charge is 0.337 e. The van der Waals surface area contributed by atoms with Crippen molar-refractivity contribution in [1.82, 2.24) is 4.90 Å². The first-order valence-electron chi connectivity index (χ1n) is 12.6. The highest BCUT2D eigenvalue weighted by Crippen LogP contribution is 2.25. The predicted octanol–water partition coefficient (Wildman–Crippen LogP) is 7.07. The Morgan fingerprint density at radius 1 is 0.737 bits per heavy atom. The van der Waals surface area contributed by atoms with E-state index in [4.69, 9.17) is 9.47 Å². The number of aryl methyl sites for hydroxylation is 1. The van der Waals surface area contributed by atoms with Crippen LogP contribution in [0.5, 0.6) is 11.5 Å². The van der Waals surface area contributed by atoms with Crippen molar-refractivity contribution in [3.63, 3.8) is 0 Å². The zero-order valence-corrected chi connectivity index (χ0v) is 21.3. The quantitative estimate of drug-likeness (QED) is 0.160. The molecule has 0 bridgehead atoms. The Labute approximate surface area is 222 Å². The Bertz CT molecular complexity index is 1340. The van der Waals surface area contributed by atoms with Crippen molar-refractivity contribution < 1.29 is 23.5 Å². The number of nitrogens with zero attached hydrogens (tertiary/aromatic N) is 1. The second-order valence-electron chi connectivity index (χ2n) is 8.91. The first kappa shape index (κ1) is 26.6. The maximum Gasteiger partial charge on any atom is 0.337 e. The average Bonchev–Trinajstić information content (AvgIpc) is 2.96. The lowest BCUT2D eigenvalue weighted by atomic mass is 10.1. The van der Waals surface area contributed by atoms with Gasteiger partial charge < -0.3 is 14.4 Å². The standard InChI is InChI=1S/C32H30FNO4/c1-37-32(36)27-16-14-25(15-17-27)23-34(22-8-7-11-24-9-3-2-4-10-24)31(35)26-18-20-28(21-19-26)38-30-13-6-5-12-29(30)33/h2-6,9-10,12-21H,7-8,11,22-23H2,1H3. The maximum atomic E-state index is 13.9. The van der Waals surface area contributed by atoms with Gasteiger partial charge in [0.15, 0.2) is 11.6 Å². The molecule has 1 amide bonds. The number of ether oxygens (including phenoxy) is 2. The van der Waals surface area contributed by atoms with E-state index < -0.39 is 11.8 Å². The zero-order valence-electron chi connectivity index (χ0n) is 21.3. The van der Waals surface area contributed by atoms with Crippen molar-refractivity contribution in [3.05, 3.63) is 131 Å². The SMILES string of the molecule is COC(=O)c1ccc(CN(CCCCc2ccccc2)C(=O)c2ccc(Oc3ccccc3F)cc2)cc1. The van der Waals surface area contributed by atoms with Gasteiger partial charge in [0, 0.05) is 18.7 Å². The number of para-hydroxylation sites is 1. The molecule has 0 saturated heterocycles. The number of unbranched alkanes of at least 4 members (excludes halogenated alkanes) is 1. The number of rotatable bonds is 11. The first-order chi connectivity index (χ1) is 18.5. The minimum absolute atomic E-state index is 0.112. The van der Waals surface area contributed by atoms with E-state index in [0.29, 0.717) is 30.0 Å². The molecule has 0 aromatic heterocycles. The van der Waals surface area contributed by atoms with Gasteiger partial charge in [0.1, 0.15) is 5.75 Å². The van der Waals surface area contributed by atoms with E-state index in [0.717, 1.165) is 24.8 Å². The van der Waals surface area contributed by atoms with Crippen LogP contribution in [0.3, 0.4) is 0 Å². The Morgan fingerprint density at radius 2 is 1.39 bits per heavy atom. The van der Waals surface area contributed by atoms with Gasteiger partial charge in [0.05, 0.1) is 12.7 Å². The van der Waals surface area contributed by atoms with Crippen LogP contribution >= 0.6 is 0 Å². The van der Waals surface area contributed by atoms with Gasteiger partial charge in [0.25, 0.3) is 5.91 Å². The molecule has 0 aliphatic heterocycles. The normalized spacial score (nSPS) is 10.6. The molecule has 5 nitrogen and oxygen atoms in total. The molecule has 194 valence electrons. The highest BCUT2D eigenvalue weighted by Gasteiger charge is 2.17. The molecule has 0 N–H and O–H groups in total. The second-order valence-corrected chi connectivity index (χ2v) is 8.91. The summed E-state index contributed by atoms with van der Waals surface area (Å²) in [6.45, 7) is 0.983. The predicted molar refractivity (Wildman–Crippen MR) is 145 cm³/mol. The third kappa shape index (κ3) is 7.29. The molecule has 0 aliphatic rings. The number of hydrogen-bond acceptors (Lipinski definition) is 4. The van der Waals surface area contributed by atoms with Crippen LogP contribution in [0.2, 0.25) is 0 Å². The summed E-state index contributed by atoms with van der Waals surface area (Å²) in [6, 6.07) is 30.2. The van der Waals surface area contributed by atoms with E-state index in [1.54, 1.807) is 54.6 Å². The Kier molecular flexibility index (Phi) is 9.24. The minimum Gasteiger partial charge on any atom is -0.465 e. The average molecular weight is 512 g/mol. The fourth-order valence-electron chi connectivity index (χ4n) is 4.12. The highest BCUT2D eigenvalue weighted by atomic mass is 19.1. The van der Waals surface area contributed by atoms with E-state index in [1.165, 1.54) is 18.7 Å². The van der Waals surface area contributed by atoms with Crippen LogP contribution in [0.25, 0.3) is 0 Å². The minimum atomic E-state index is -0.451. The molecule has 0 aliphatic carbocycles. The fourth-order valence-corrected chi connectivity index (χ4v) is 4.12. The largest absolute Gasteiger partial charge is 0.465 e. The molecule has 0 fully saturated rings. The summed E-state index contributed by atoms with van der Waals surface area (Å²) < 4.78 is 24.3. The van der Waals surface area contributed by atoms with Crippen LogP contribution < -0.4 is 4.74 Å². The number of carbonyl (C=O) groups is 2. The van der Waals surface area contributed by atoms with Crippen molar-refractivity contribution in [2.24, 2.45) is 0 Å². The molecule has 4 rings (SSSR count). The third-order valence-corrected chi connectivity index (χ3v) is 6.19. The van der Waals surface area contributed by atoms with Gasteiger partial charge in [-0.25, -0.2) is 9.18 Å². The van der Waals surface area contributed by atoms with Crippen molar-refractivity contribution in [1.29, 1.82) is 0 Å². The highest BCUT2D eigenvalue weighted by molar-refractivity contribution is 5.94. The second kappa shape index (κ2) is 13.2. The lowest BCUT2D eigenvalue weighted by Crippen LogP contribution is -2.31. The number of esters is 1. The summed E-state index contributed by atoms with van der Waals surface area (Å²) in [5, 5.41) is 0. The van der Waals surface area contributed by atoms with E-state index >= 15 is 0 Å². The summed E-state index contributed by atoms with van der Waals surface area (Å²) >= 11 is 0. The lowest BCUT2D eigenvalue weighted by Gasteiger charge is -2.23. The topological polar surface area (TPSA) is 55.8 Å². The van der Waals surface area contributed by atoms with Crippen LogP contribution in [-0.4, -0.2) is 30.4 Å². The molecule has 4 aromatic carbocycles. The van der Waals surface area contributed by atoms with Crippen molar-refractivity contribution >= 4 is 11.9 Å². The molecule has 0 spiro atoms. The summed E-state index contributed by atoms with van der Waals surface area (Å²) in [5.74, 6) is -0.392. The van der Waals surface area contributed by atoms with Crippen molar-refractivity contribution in [2.75, 3.05) is 13.7 Å². The molecule has 6 heteroatoms. The molecule has 4 aromatic rings. The van der Waals surface area contributed by atoms with Gasteiger partial charge in [-0.15, -0.1) is 0 Å². The molecule has 0 atom stereocenters. The van der Waals surface area contributed by atoms with Crippen LogP contribution in [0.15, 0.2) is 103 Å². The molecular formula is C32H30FNO4. The van der Waals surface area contributed by atoms with Crippen LogP contribution in [0, 0.1) is 5.82 Å². The Balaban J connectivity index is 1.45. The summed E-state index contributed by atoms with van der Waals surface area (Å²) in [5.41, 5.74) is 3.16. The van der Waals surface area contributed by atoms with E-state index in [-0.39, 0.29) is 11.7 Å². The van der Waals surface area contributed by atoms with Gasteiger partial charge in [-0.05, 0) is 78.9 Å². The first-order valence-corrected chi connectivity index (χ1v) is 12.6. The van der Waals surface area contributed by atoms with Crippen molar-refractivity contribution in [2.45, 2.75) is 25.8 Å². The Hall–Kier alpha value is -4.45. The molecule has 0 heterocycles. The number of methoxy groups -OCH3 is 1. The molecule has 0 unspecified atom stereocenters. The number of halogens is 1. The van der Waals surface area contributed by atoms with E-state index in [1.807, 2.05) is 35.2 Å². The van der Waals surface area contributed by atoms with Crippen LogP contribution in [0.4, 0.5) is 4.39 Å². The summed E-state index contributed by atoms with van der Waals surface area (Å²) in [7, 11) is 1.35. The van der Waals surface area contributed by atoms with Crippen molar-refractivity contribution in [3.8, 4) is 11.5 Å². The van der Waals surface area contributed by atoms with Gasteiger partial charge in [-0.3, -0.25) is 4.79 Å². The number of carbonyl (C=O) groups excluding carboxylic acids is 2. The monoisotopic (exact) mass is 511 g/mol. The number of amides is 1. The zero-order chi connectivity index (χ0) is 26.7. The van der Waals surface area contributed by atoms with Crippen LogP contribution in [0.1, 0.15) is 44.7 Å². The van der Waals surface area contributed by atoms with Gasteiger partial charge in [-0.1, -0.05) is 54.6 Å². The number of hydrogen-bond donors (Lipinski definition) is 0. The third-order valence-electron chi connectivity index (χ3n) is 6.19.